The summed E-state index contributed by atoms with van der Waals surface area (Å²) < 4.78 is 0. The number of imide groups is 1. The number of nitrogens with one attached hydrogen (secondary N) is 1. The van der Waals surface area contributed by atoms with Gasteiger partial charge >= 0.3 is 6.03 Å². The van der Waals surface area contributed by atoms with Gasteiger partial charge in [0.15, 0.2) is 17.4 Å². The third kappa shape index (κ3) is 4.36. The van der Waals surface area contributed by atoms with Crippen LogP contribution in [0.3, 0.4) is 0 Å². The van der Waals surface area contributed by atoms with Crippen LogP contribution in [0.5, 0.6) is 0 Å². The standard InChI is InChI=1S/C23H26N4O2S/c1-16-8-6-11-18(14-16)15-30-23-24-20-19(21(28)25-22(29)26(20)2)27(23)13-7-12-17-9-4-3-5-10-17/h3-6,8-11,14,19-20H,7,12-13,15H2,1-2H3,(H,25,28,29). The fourth-order valence-corrected chi connectivity index (χ4v) is 4.93. The Bertz CT molecular complexity index is 963. The van der Waals surface area contributed by atoms with Crippen LogP contribution < -0.4 is 5.32 Å². The molecule has 0 radical (unpaired) electrons. The third-order valence-electron chi connectivity index (χ3n) is 5.48. The molecule has 30 heavy (non-hydrogen) atoms. The van der Waals surface area contributed by atoms with E-state index in [1.165, 1.54) is 21.6 Å². The van der Waals surface area contributed by atoms with Crippen LogP contribution in [-0.2, 0) is 17.0 Å². The molecule has 1 saturated heterocycles. The van der Waals surface area contributed by atoms with E-state index < -0.39 is 12.2 Å². The van der Waals surface area contributed by atoms with Crippen molar-refractivity contribution in [2.24, 2.45) is 4.99 Å². The number of hydrogen-bond donors (Lipinski definition) is 1. The fraction of sp³-hybridized carbons (Fsp3) is 0.348. The zero-order valence-electron chi connectivity index (χ0n) is 17.2. The van der Waals surface area contributed by atoms with Crippen LogP contribution in [0, 0.1) is 6.92 Å². The highest BCUT2D eigenvalue weighted by molar-refractivity contribution is 8.13. The first kappa shape index (κ1) is 20.5. The Morgan fingerprint density at radius 3 is 2.60 bits per heavy atom. The number of rotatable bonds is 6. The first-order valence-corrected chi connectivity index (χ1v) is 11.2. The second kappa shape index (κ2) is 8.92. The van der Waals surface area contributed by atoms with Crippen LogP contribution in [0.1, 0.15) is 23.1 Å². The molecule has 2 unspecified atom stereocenters. The van der Waals surface area contributed by atoms with Crippen LogP contribution in [0.25, 0.3) is 0 Å². The molecule has 0 aliphatic carbocycles. The lowest BCUT2D eigenvalue weighted by Crippen LogP contribution is -2.63. The molecule has 156 valence electrons. The fourth-order valence-electron chi connectivity index (χ4n) is 3.90. The molecule has 1 fully saturated rings. The molecular weight excluding hydrogens is 396 g/mol. The number of aliphatic imine (C=N–C) groups is 1. The van der Waals surface area contributed by atoms with Crippen LogP contribution in [0.15, 0.2) is 59.6 Å². The summed E-state index contributed by atoms with van der Waals surface area (Å²) in [6.07, 6.45) is 1.37. The first-order chi connectivity index (χ1) is 14.5. The molecule has 4 rings (SSSR count). The Labute approximate surface area is 181 Å². The molecule has 2 atom stereocenters. The summed E-state index contributed by atoms with van der Waals surface area (Å²) in [4.78, 5) is 33.1. The first-order valence-electron chi connectivity index (χ1n) is 10.2. The average molecular weight is 423 g/mol. The van der Waals surface area contributed by atoms with Crippen molar-refractivity contribution >= 4 is 28.9 Å². The average Bonchev–Trinajstić information content (AvgIpc) is 3.11. The summed E-state index contributed by atoms with van der Waals surface area (Å²) in [5, 5.41) is 3.29. The Balaban J connectivity index is 1.49. The van der Waals surface area contributed by atoms with Gasteiger partial charge in [-0.25, -0.2) is 9.79 Å². The van der Waals surface area contributed by atoms with E-state index in [1.807, 2.05) is 18.2 Å². The quantitative estimate of drug-likeness (QED) is 0.775. The molecule has 1 N–H and O–H groups in total. The van der Waals surface area contributed by atoms with E-state index in [0.717, 1.165) is 23.8 Å². The number of carbonyl (C=O) groups excluding carboxylic acids is 2. The molecule has 0 spiro atoms. The molecule has 3 amide bonds. The molecule has 2 aromatic rings. The summed E-state index contributed by atoms with van der Waals surface area (Å²) in [5.74, 6) is 0.506. The number of hydrogen-bond acceptors (Lipinski definition) is 5. The summed E-state index contributed by atoms with van der Waals surface area (Å²) in [5.41, 5.74) is 3.72. The van der Waals surface area contributed by atoms with Crippen molar-refractivity contribution in [1.29, 1.82) is 0 Å². The number of amides is 3. The lowest BCUT2D eigenvalue weighted by molar-refractivity contribution is -0.127. The zero-order valence-corrected chi connectivity index (χ0v) is 18.1. The number of amidine groups is 1. The summed E-state index contributed by atoms with van der Waals surface area (Å²) in [6.45, 7) is 2.79. The summed E-state index contributed by atoms with van der Waals surface area (Å²) in [7, 11) is 1.69. The van der Waals surface area contributed by atoms with Crippen molar-refractivity contribution in [1.82, 2.24) is 15.1 Å². The molecule has 0 saturated carbocycles. The van der Waals surface area contributed by atoms with Gasteiger partial charge in [0.1, 0.15) is 0 Å². The van der Waals surface area contributed by atoms with Gasteiger partial charge in [0.25, 0.3) is 5.91 Å². The van der Waals surface area contributed by atoms with Gasteiger partial charge < -0.3 is 9.80 Å². The second-order valence-electron chi connectivity index (χ2n) is 7.74. The minimum Gasteiger partial charge on any atom is -0.336 e. The van der Waals surface area contributed by atoms with Gasteiger partial charge in [-0.15, -0.1) is 0 Å². The maximum absolute atomic E-state index is 12.7. The Morgan fingerprint density at radius 2 is 1.83 bits per heavy atom. The van der Waals surface area contributed by atoms with E-state index in [2.05, 4.69) is 53.5 Å². The molecular formula is C23H26N4O2S. The van der Waals surface area contributed by atoms with Crippen molar-refractivity contribution in [2.45, 2.75) is 37.7 Å². The lowest BCUT2D eigenvalue weighted by Gasteiger charge is -2.36. The molecule has 0 aromatic heterocycles. The predicted octanol–water partition coefficient (Wildman–Crippen LogP) is 3.41. The van der Waals surface area contributed by atoms with E-state index in [9.17, 15) is 9.59 Å². The van der Waals surface area contributed by atoms with Crippen molar-refractivity contribution in [2.75, 3.05) is 13.6 Å². The summed E-state index contributed by atoms with van der Waals surface area (Å²) >= 11 is 1.63. The van der Waals surface area contributed by atoms with E-state index >= 15 is 0 Å². The Kier molecular flexibility index (Phi) is 6.08. The number of aryl methyl sites for hydroxylation is 2. The van der Waals surface area contributed by atoms with E-state index in [4.69, 9.17) is 4.99 Å². The maximum atomic E-state index is 12.7. The van der Waals surface area contributed by atoms with Gasteiger partial charge in [-0.1, -0.05) is 71.9 Å². The van der Waals surface area contributed by atoms with Gasteiger partial charge in [0.05, 0.1) is 0 Å². The second-order valence-corrected chi connectivity index (χ2v) is 8.68. The minimum absolute atomic E-state index is 0.266. The zero-order chi connectivity index (χ0) is 21.1. The van der Waals surface area contributed by atoms with Crippen molar-refractivity contribution in [3.05, 3.63) is 71.3 Å². The number of benzene rings is 2. The number of fused-ring (bicyclic) bond motifs is 1. The highest BCUT2D eigenvalue weighted by atomic mass is 32.2. The highest BCUT2D eigenvalue weighted by Gasteiger charge is 2.48. The number of urea groups is 1. The Hall–Kier alpha value is -2.80. The Morgan fingerprint density at radius 1 is 1.07 bits per heavy atom. The molecule has 2 heterocycles. The molecule has 0 bridgehead atoms. The predicted molar refractivity (Wildman–Crippen MR) is 120 cm³/mol. The minimum atomic E-state index is -0.469. The van der Waals surface area contributed by atoms with Gasteiger partial charge in [0, 0.05) is 19.3 Å². The molecule has 6 nitrogen and oxygen atoms in total. The number of nitrogens with zero attached hydrogens (tertiary/aromatic N) is 3. The highest BCUT2D eigenvalue weighted by Crippen LogP contribution is 2.30. The largest absolute Gasteiger partial charge is 0.336 e. The van der Waals surface area contributed by atoms with Crippen molar-refractivity contribution < 1.29 is 9.59 Å². The molecule has 2 aliphatic heterocycles. The number of thioether (sulfide) groups is 1. The van der Waals surface area contributed by atoms with Gasteiger partial charge in [0.2, 0.25) is 0 Å². The van der Waals surface area contributed by atoms with Crippen molar-refractivity contribution in [3.63, 3.8) is 0 Å². The topological polar surface area (TPSA) is 65.0 Å². The summed E-state index contributed by atoms with van der Waals surface area (Å²) in [6, 6.07) is 17.9. The smallest absolute Gasteiger partial charge is 0.325 e. The van der Waals surface area contributed by atoms with Gasteiger partial charge in [-0.2, -0.15) is 0 Å². The van der Waals surface area contributed by atoms with Crippen LogP contribution in [-0.4, -0.2) is 52.7 Å². The third-order valence-corrected chi connectivity index (χ3v) is 6.56. The SMILES string of the molecule is Cc1cccc(CSC2=NC3C(C(=O)NC(=O)N3C)N2CCCc2ccccc2)c1. The van der Waals surface area contributed by atoms with Crippen molar-refractivity contribution in [3.8, 4) is 0 Å². The monoisotopic (exact) mass is 422 g/mol. The van der Waals surface area contributed by atoms with Gasteiger partial charge in [-0.05, 0) is 30.9 Å². The van der Waals surface area contributed by atoms with E-state index in [1.54, 1.807) is 18.8 Å². The molecule has 2 aliphatic rings. The van der Waals surface area contributed by atoms with E-state index in [-0.39, 0.29) is 11.9 Å². The van der Waals surface area contributed by atoms with Crippen LogP contribution in [0.4, 0.5) is 4.79 Å². The molecule has 7 heteroatoms. The number of likely N-dealkylation sites (N-methyl/N-ethyl adjacent to an activating group) is 1. The van der Waals surface area contributed by atoms with E-state index in [0.29, 0.717) is 6.54 Å². The number of carbonyl (C=O) groups is 2. The lowest BCUT2D eigenvalue weighted by atomic mass is 10.1. The molecule has 2 aromatic carbocycles. The normalized spacial score (nSPS) is 20.8. The van der Waals surface area contributed by atoms with Crippen LogP contribution in [0.2, 0.25) is 0 Å². The van der Waals surface area contributed by atoms with Crippen LogP contribution >= 0.6 is 11.8 Å². The maximum Gasteiger partial charge on any atom is 0.325 e. The van der Waals surface area contributed by atoms with Gasteiger partial charge in [-0.3, -0.25) is 10.1 Å².